The minimum Gasteiger partial charge on any atom is -0.505 e. The minimum atomic E-state index is -0.792. The second-order valence-electron chi connectivity index (χ2n) is 5.90. The Hall–Kier alpha value is -3.19. The van der Waals surface area contributed by atoms with E-state index < -0.39 is 11.0 Å². The van der Waals surface area contributed by atoms with Crippen molar-refractivity contribution in [1.82, 2.24) is 10.3 Å². The molecule has 0 spiro atoms. The van der Waals surface area contributed by atoms with Gasteiger partial charge in [0.05, 0.1) is 16.4 Å². The summed E-state index contributed by atoms with van der Waals surface area (Å²) >= 11 is 5.94. The fourth-order valence-corrected chi connectivity index (χ4v) is 2.99. The number of aromatic nitrogens is 1. The van der Waals surface area contributed by atoms with Gasteiger partial charge in [0.2, 0.25) is 5.91 Å². The van der Waals surface area contributed by atoms with E-state index in [0.717, 1.165) is 0 Å². The van der Waals surface area contributed by atoms with Crippen LogP contribution in [0, 0.1) is 10.1 Å². The molecule has 0 aliphatic heterocycles. The van der Waals surface area contributed by atoms with Crippen LogP contribution in [0.15, 0.2) is 48.7 Å². The van der Waals surface area contributed by atoms with E-state index in [4.69, 9.17) is 11.6 Å². The predicted molar refractivity (Wildman–Crippen MR) is 102 cm³/mol. The molecule has 8 heteroatoms. The summed E-state index contributed by atoms with van der Waals surface area (Å²) in [5.74, 6) is -0.481. The summed E-state index contributed by atoms with van der Waals surface area (Å²) in [6.45, 7) is 1.69. The molecule has 0 bridgehead atoms. The summed E-state index contributed by atoms with van der Waals surface area (Å²) in [6.07, 6.45) is 1.66. The lowest BCUT2D eigenvalue weighted by Gasteiger charge is -2.21. The number of rotatable bonds is 5. The van der Waals surface area contributed by atoms with Gasteiger partial charge in [-0.2, -0.15) is 0 Å². The monoisotopic (exact) mass is 385 g/mol. The summed E-state index contributed by atoms with van der Waals surface area (Å²) in [5, 5.41) is 25.8. The van der Waals surface area contributed by atoms with E-state index >= 15 is 0 Å². The number of carbonyl (C=O) groups is 1. The first kappa shape index (κ1) is 18.6. The zero-order chi connectivity index (χ0) is 19.6. The third-order valence-corrected chi connectivity index (χ3v) is 4.46. The fourth-order valence-electron chi connectivity index (χ4n) is 2.86. The Balaban J connectivity index is 2.26. The highest BCUT2D eigenvalue weighted by Crippen LogP contribution is 2.39. The first-order valence-corrected chi connectivity index (χ1v) is 8.60. The summed E-state index contributed by atoms with van der Waals surface area (Å²) in [6, 6.07) is 10.2. The number of nitro groups is 1. The number of pyridine rings is 1. The predicted octanol–water partition coefficient (Wildman–Crippen LogP) is 4.12. The van der Waals surface area contributed by atoms with Gasteiger partial charge in [0, 0.05) is 29.3 Å². The molecule has 2 N–H and O–H groups in total. The highest BCUT2D eigenvalue weighted by Gasteiger charge is 2.26. The normalized spacial score (nSPS) is 11.9. The number of nitro benzene ring substituents is 1. The van der Waals surface area contributed by atoms with Crippen molar-refractivity contribution in [3.63, 3.8) is 0 Å². The second kappa shape index (κ2) is 7.59. The van der Waals surface area contributed by atoms with E-state index in [9.17, 15) is 20.0 Å². The molecule has 1 aromatic heterocycles. The molecule has 0 unspecified atom stereocenters. The molecule has 2 aromatic carbocycles. The summed E-state index contributed by atoms with van der Waals surface area (Å²) in [4.78, 5) is 27.2. The maximum absolute atomic E-state index is 12.1. The maximum Gasteiger partial charge on any atom is 0.279 e. The van der Waals surface area contributed by atoms with Gasteiger partial charge in [0.25, 0.3) is 5.69 Å². The molecule has 1 amide bonds. The third-order valence-electron chi connectivity index (χ3n) is 4.21. The van der Waals surface area contributed by atoms with Crippen LogP contribution in [0.25, 0.3) is 10.9 Å². The standard InChI is InChI=1S/C19H16ClN3O4/c1-2-16(24)22-17(11-5-7-12(20)8-6-11)14-10-15(23(26)27)13-4-3-9-21-18(13)19(14)25/h3-10,17,25H,2H2,1H3,(H,22,24)/t17-/m0/s1. The number of halogens is 1. The fraction of sp³-hybridized carbons (Fsp3) is 0.158. The van der Waals surface area contributed by atoms with Gasteiger partial charge in [0.1, 0.15) is 11.3 Å². The average Bonchev–Trinajstić information content (AvgIpc) is 2.67. The minimum absolute atomic E-state index is 0.103. The molecule has 3 aromatic rings. The van der Waals surface area contributed by atoms with Crippen LogP contribution in [-0.2, 0) is 4.79 Å². The Morgan fingerprint density at radius 1 is 1.33 bits per heavy atom. The number of phenols is 1. The Kier molecular flexibility index (Phi) is 5.23. The number of hydrogen-bond acceptors (Lipinski definition) is 5. The molecule has 1 atom stereocenters. The molecule has 27 heavy (non-hydrogen) atoms. The zero-order valence-corrected chi connectivity index (χ0v) is 15.1. The van der Waals surface area contributed by atoms with Crippen molar-refractivity contribution in [2.45, 2.75) is 19.4 Å². The van der Waals surface area contributed by atoms with Crippen LogP contribution in [0.2, 0.25) is 5.02 Å². The van der Waals surface area contributed by atoms with Crippen molar-refractivity contribution < 1.29 is 14.8 Å². The number of aromatic hydroxyl groups is 1. The highest BCUT2D eigenvalue weighted by molar-refractivity contribution is 6.30. The van der Waals surface area contributed by atoms with Crippen molar-refractivity contribution in [2.24, 2.45) is 0 Å². The number of phenolic OH excluding ortho intramolecular Hbond substituents is 1. The van der Waals surface area contributed by atoms with Crippen LogP contribution in [0.5, 0.6) is 5.75 Å². The first-order chi connectivity index (χ1) is 12.9. The van der Waals surface area contributed by atoms with E-state index in [2.05, 4.69) is 10.3 Å². The molecule has 138 valence electrons. The number of nitrogens with zero attached hydrogens (tertiary/aromatic N) is 2. The summed E-state index contributed by atoms with van der Waals surface area (Å²) in [5.41, 5.74) is 0.722. The topological polar surface area (TPSA) is 105 Å². The Bertz CT molecular complexity index is 1020. The third kappa shape index (κ3) is 3.68. The van der Waals surface area contributed by atoms with Crippen molar-refractivity contribution in [3.8, 4) is 5.75 Å². The van der Waals surface area contributed by atoms with Crippen LogP contribution < -0.4 is 5.32 Å². The molecule has 0 fully saturated rings. The van der Waals surface area contributed by atoms with Gasteiger partial charge in [-0.25, -0.2) is 0 Å². The molecular weight excluding hydrogens is 370 g/mol. The van der Waals surface area contributed by atoms with Crippen molar-refractivity contribution in [3.05, 3.63) is 74.9 Å². The largest absolute Gasteiger partial charge is 0.505 e. The van der Waals surface area contributed by atoms with Gasteiger partial charge in [-0.1, -0.05) is 30.7 Å². The molecule has 0 saturated carbocycles. The Morgan fingerprint density at radius 2 is 2.04 bits per heavy atom. The van der Waals surface area contributed by atoms with Crippen molar-refractivity contribution >= 4 is 34.1 Å². The van der Waals surface area contributed by atoms with Crippen LogP contribution in [0.1, 0.15) is 30.5 Å². The van der Waals surface area contributed by atoms with Crippen LogP contribution in [0.4, 0.5) is 5.69 Å². The van der Waals surface area contributed by atoms with E-state index in [1.807, 2.05) is 0 Å². The number of non-ortho nitro benzene ring substituents is 1. The molecular formula is C19H16ClN3O4. The average molecular weight is 386 g/mol. The van der Waals surface area contributed by atoms with Crippen LogP contribution in [0.3, 0.4) is 0 Å². The smallest absolute Gasteiger partial charge is 0.279 e. The van der Waals surface area contributed by atoms with Crippen LogP contribution in [-0.4, -0.2) is 20.9 Å². The quantitative estimate of drug-likeness (QED) is 0.507. The van der Waals surface area contributed by atoms with Crippen LogP contribution >= 0.6 is 11.6 Å². The lowest BCUT2D eigenvalue weighted by molar-refractivity contribution is -0.383. The van der Waals surface area contributed by atoms with E-state index in [1.165, 1.54) is 18.3 Å². The number of nitrogens with one attached hydrogen (secondary N) is 1. The van der Waals surface area contributed by atoms with E-state index in [1.54, 1.807) is 37.3 Å². The zero-order valence-electron chi connectivity index (χ0n) is 14.3. The second-order valence-corrected chi connectivity index (χ2v) is 6.33. The van der Waals surface area contributed by atoms with E-state index in [0.29, 0.717) is 10.6 Å². The molecule has 0 aliphatic carbocycles. The number of fused-ring (bicyclic) bond motifs is 1. The number of hydrogen-bond donors (Lipinski definition) is 2. The molecule has 0 aliphatic rings. The lowest BCUT2D eigenvalue weighted by atomic mass is 9.95. The number of benzene rings is 2. The van der Waals surface area contributed by atoms with Gasteiger partial charge in [-0.15, -0.1) is 0 Å². The lowest BCUT2D eigenvalue weighted by Crippen LogP contribution is -2.28. The van der Waals surface area contributed by atoms with Gasteiger partial charge in [-0.3, -0.25) is 19.9 Å². The summed E-state index contributed by atoms with van der Waals surface area (Å²) in [7, 11) is 0. The van der Waals surface area contributed by atoms with Gasteiger partial charge in [-0.05, 0) is 29.8 Å². The SMILES string of the molecule is CCC(=O)N[C@@H](c1ccc(Cl)cc1)c1cc([N+](=O)[O-])c2cccnc2c1O. The van der Waals surface area contributed by atoms with E-state index in [-0.39, 0.29) is 40.2 Å². The summed E-state index contributed by atoms with van der Waals surface area (Å²) < 4.78 is 0. The number of carbonyl (C=O) groups excluding carboxylic acids is 1. The Morgan fingerprint density at radius 3 is 2.67 bits per heavy atom. The number of amides is 1. The highest BCUT2D eigenvalue weighted by atomic mass is 35.5. The van der Waals surface area contributed by atoms with Gasteiger partial charge >= 0.3 is 0 Å². The van der Waals surface area contributed by atoms with Crippen molar-refractivity contribution in [1.29, 1.82) is 0 Å². The molecule has 0 saturated heterocycles. The molecule has 0 radical (unpaired) electrons. The van der Waals surface area contributed by atoms with Crippen molar-refractivity contribution in [2.75, 3.05) is 0 Å². The van der Waals surface area contributed by atoms with Gasteiger partial charge < -0.3 is 10.4 Å². The molecule has 7 nitrogen and oxygen atoms in total. The first-order valence-electron chi connectivity index (χ1n) is 8.22. The molecule has 3 rings (SSSR count). The molecule has 1 heterocycles. The maximum atomic E-state index is 12.1. The Labute approximate surface area is 159 Å². The van der Waals surface area contributed by atoms with Gasteiger partial charge in [0.15, 0.2) is 0 Å².